The Morgan fingerprint density at radius 3 is 2.88 bits per heavy atom. The number of thioether (sulfide) groups is 1. The van der Waals surface area contributed by atoms with Crippen LogP contribution in [0.5, 0.6) is 11.5 Å². The van der Waals surface area contributed by atoms with Crippen molar-refractivity contribution in [3.05, 3.63) is 23.8 Å². The molecule has 0 aliphatic rings. The number of nitrogens with one attached hydrogen (secondary N) is 1. The minimum atomic E-state index is 0.202. The third-order valence-electron chi connectivity index (χ3n) is 2.40. The van der Waals surface area contributed by atoms with E-state index in [4.69, 9.17) is 4.74 Å². The molecule has 1 aromatic rings. The lowest BCUT2D eigenvalue weighted by Crippen LogP contribution is -2.27. The van der Waals surface area contributed by atoms with Gasteiger partial charge >= 0.3 is 0 Å². The van der Waals surface area contributed by atoms with Crippen molar-refractivity contribution in [1.82, 2.24) is 5.32 Å². The fourth-order valence-corrected chi connectivity index (χ4v) is 2.16. The van der Waals surface area contributed by atoms with E-state index < -0.39 is 0 Å². The normalized spacial score (nSPS) is 12.4. The third-order valence-corrected chi connectivity index (χ3v) is 3.23. The summed E-state index contributed by atoms with van der Waals surface area (Å²) in [6.45, 7) is 5.43. The molecule has 0 aromatic heterocycles. The van der Waals surface area contributed by atoms with Gasteiger partial charge in [0.05, 0.1) is 6.61 Å². The lowest BCUT2D eigenvalue weighted by Gasteiger charge is -2.13. The predicted octanol–water partition coefficient (Wildman–Crippen LogP) is 2.63. The predicted molar refractivity (Wildman–Crippen MR) is 74.0 cm³/mol. The molecule has 3 nitrogen and oxygen atoms in total. The standard InChI is InChI=1S/C13H21NO2S/c1-4-16-13-7-11(5-6-12(13)15)8-14-10(2)9-17-3/h5-7,10,14-15H,4,8-9H2,1-3H3. The SMILES string of the molecule is CCOc1cc(CNC(C)CSC)ccc1O. The number of hydrogen-bond donors (Lipinski definition) is 2. The van der Waals surface area contributed by atoms with E-state index in [-0.39, 0.29) is 5.75 Å². The van der Waals surface area contributed by atoms with Gasteiger partial charge in [0.15, 0.2) is 11.5 Å². The van der Waals surface area contributed by atoms with Crippen molar-refractivity contribution in [2.75, 3.05) is 18.6 Å². The molecule has 0 aliphatic carbocycles. The summed E-state index contributed by atoms with van der Waals surface area (Å²) < 4.78 is 5.35. The van der Waals surface area contributed by atoms with Gasteiger partial charge in [0.2, 0.25) is 0 Å². The van der Waals surface area contributed by atoms with Gasteiger partial charge in [-0.05, 0) is 37.8 Å². The number of rotatable bonds is 7. The van der Waals surface area contributed by atoms with Crippen LogP contribution in [-0.2, 0) is 6.54 Å². The molecule has 96 valence electrons. The first-order valence-electron chi connectivity index (χ1n) is 5.84. The van der Waals surface area contributed by atoms with E-state index in [9.17, 15) is 5.11 Å². The Morgan fingerprint density at radius 2 is 2.24 bits per heavy atom. The molecule has 2 N–H and O–H groups in total. The zero-order chi connectivity index (χ0) is 12.7. The van der Waals surface area contributed by atoms with Gasteiger partial charge in [-0.3, -0.25) is 0 Å². The largest absolute Gasteiger partial charge is 0.504 e. The first-order valence-corrected chi connectivity index (χ1v) is 7.23. The second kappa shape index (κ2) is 7.45. The topological polar surface area (TPSA) is 41.5 Å². The zero-order valence-corrected chi connectivity index (χ0v) is 11.5. The Kier molecular flexibility index (Phi) is 6.22. The second-order valence-electron chi connectivity index (χ2n) is 3.97. The molecule has 0 bridgehead atoms. The zero-order valence-electron chi connectivity index (χ0n) is 10.7. The van der Waals surface area contributed by atoms with E-state index >= 15 is 0 Å². The maximum Gasteiger partial charge on any atom is 0.161 e. The summed E-state index contributed by atoms with van der Waals surface area (Å²) in [4.78, 5) is 0. The molecular formula is C13H21NO2S. The van der Waals surface area contributed by atoms with Crippen LogP contribution in [0.2, 0.25) is 0 Å². The van der Waals surface area contributed by atoms with Gasteiger partial charge < -0.3 is 15.2 Å². The third kappa shape index (κ3) is 4.88. The van der Waals surface area contributed by atoms with Gasteiger partial charge in [-0.25, -0.2) is 0 Å². The highest BCUT2D eigenvalue weighted by molar-refractivity contribution is 7.98. The number of benzene rings is 1. The minimum absolute atomic E-state index is 0.202. The van der Waals surface area contributed by atoms with E-state index in [0.717, 1.165) is 17.9 Å². The van der Waals surface area contributed by atoms with Crippen molar-refractivity contribution in [1.29, 1.82) is 0 Å². The Balaban J connectivity index is 2.56. The summed E-state index contributed by atoms with van der Waals surface area (Å²) in [6.07, 6.45) is 2.10. The van der Waals surface area contributed by atoms with E-state index in [0.29, 0.717) is 18.4 Å². The summed E-state index contributed by atoms with van der Waals surface area (Å²) in [5, 5.41) is 13.0. The minimum Gasteiger partial charge on any atom is -0.504 e. The van der Waals surface area contributed by atoms with Gasteiger partial charge in [-0.1, -0.05) is 6.07 Å². The average molecular weight is 255 g/mol. The first-order chi connectivity index (χ1) is 8.17. The van der Waals surface area contributed by atoms with E-state index in [2.05, 4.69) is 18.5 Å². The summed E-state index contributed by atoms with van der Waals surface area (Å²) in [5.41, 5.74) is 1.12. The molecule has 0 heterocycles. The maximum absolute atomic E-state index is 9.58. The molecule has 1 aromatic carbocycles. The van der Waals surface area contributed by atoms with Crippen molar-refractivity contribution in [3.8, 4) is 11.5 Å². The number of phenols is 1. The molecule has 4 heteroatoms. The van der Waals surface area contributed by atoms with Crippen LogP contribution in [0.15, 0.2) is 18.2 Å². The summed E-state index contributed by atoms with van der Waals surface area (Å²) in [5.74, 6) is 1.85. The summed E-state index contributed by atoms with van der Waals surface area (Å²) in [7, 11) is 0. The summed E-state index contributed by atoms with van der Waals surface area (Å²) >= 11 is 1.83. The Labute approximate surface area is 108 Å². The molecule has 0 radical (unpaired) electrons. The number of phenolic OH excluding ortho intramolecular Hbond substituents is 1. The molecular weight excluding hydrogens is 234 g/mol. The van der Waals surface area contributed by atoms with Gasteiger partial charge in [-0.15, -0.1) is 0 Å². The number of hydrogen-bond acceptors (Lipinski definition) is 4. The molecule has 17 heavy (non-hydrogen) atoms. The highest BCUT2D eigenvalue weighted by Gasteiger charge is 2.05. The van der Waals surface area contributed by atoms with Gasteiger partial charge in [0.1, 0.15) is 0 Å². The Morgan fingerprint density at radius 1 is 1.47 bits per heavy atom. The van der Waals surface area contributed by atoms with Crippen LogP contribution in [0.25, 0.3) is 0 Å². The van der Waals surface area contributed by atoms with E-state index in [1.807, 2.05) is 30.8 Å². The van der Waals surface area contributed by atoms with Gasteiger partial charge in [0, 0.05) is 18.3 Å². The van der Waals surface area contributed by atoms with Crippen LogP contribution < -0.4 is 10.1 Å². The molecule has 0 spiro atoms. The lowest BCUT2D eigenvalue weighted by molar-refractivity contribution is 0.317. The van der Waals surface area contributed by atoms with Crippen molar-refractivity contribution in [2.45, 2.75) is 26.4 Å². The molecule has 1 unspecified atom stereocenters. The van der Waals surface area contributed by atoms with Crippen LogP contribution >= 0.6 is 11.8 Å². The number of ether oxygens (including phenoxy) is 1. The number of aromatic hydroxyl groups is 1. The van der Waals surface area contributed by atoms with E-state index in [1.54, 1.807) is 6.07 Å². The first kappa shape index (κ1) is 14.2. The van der Waals surface area contributed by atoms with Gasteiger partial charge in [-0.2, -0.15) is 11.8 Å². The average Bonchev–Trinajstić information content (AvgIpc) is 2.31. The van der Waals surface area contributed by atoms with E-state index in [1.165, 1.54) is 0 Å². The molecule has 0 saturated heterocycles. The maximum atomic E-state index is 9.58. The fraction of sp³-hybridized carbons (Fsp3) is 0.538. The van der Waals surface area contributed by atoms with Crippen LogP contribution in [0, 0.1) is 0 Å². The van der Waals surface area contributed by atoms with Crippen LogP contribution in [0.3, 0.4) is 0 Å². The molecule has 0 fully saturated rings. The van der Waals surface area contributed by atoms with Crippen LogP contribution in [0.1, 0.15) is 19.4 Å². The highest BCUT2D eigenvalue weighted by Crippen LogP contribution is 2.26. The van der Waals surface area contributed by atoms with Crippen molar-refractivity contribution in [2.24, 2.45) is 0 Å². The van der Waals surface area contributed by atoms with Crippen LogP contribution in [0.4, 0.5) is 0 Å². The quantitative estimate of drug-likeness (QED) is 0.786. The van der Waals surface area contributed by atoms with Crippen molar-refractivity contribution in [3.63, 3.8) is 0 Å². The molecule has 0 amide bonds. The monoisotopic (exact) mass is 255 g/mol. The highest BCUT2D eigenvalue weighted by atomic mass is 32.2. The fourth-order valence-electron chi connectivity index (χ4n) is 1.54. The Hall–Kier alpha value is -0.870. The molecule has 0 aliphatic heterocycles. The molecule has 0 saturated carbocycles. The summed E-state index contributed by atoms with van der Waals surface area (Å²) in [6, 6.07) is 5.96. The molecule has 1 atom stereocenters. The van der Waals surface area contributed by atoms with Gasteiger partial charge in [0.25, 0.3) is 0 Å². The second-order valence-corrected chi connectivity index (χ2v) is 4.88. The van der Waals surface area contributed by atoms with Crippen molar-refractivity contribution >= 4 is 11.8 Å². The molecule has 1 rings (SSSR count). The van der Waals surface area contributed by atoms with Crippen LogP contribution in [-0.4, -0.2) is 29.8 Å². The van der Waals surface area contributed by atoms with Crippen molar-refractivity contribution < 1.29 is 9.84 Å². The smallest absolute Gasteiger partial charge is 0.161 e. The lowest BCUT2D eigenvalue weighted by atomic mass is 10.2. The Bertz CT molecular complexity index is 344.